The molecule has 4 rings (SSSR count). The lowest BCUT2D eigenvalue weighted by molar-refractivity contribution is 0.0993. The van der Waals surface area contributed by atoms with Crippen LogP contribution in [0.1, 0.15) is 33.2 Å². The molecule has 0 aromatic heterocycles. The molecule has 0 saturated carbocycles. The van der Waals surface area contributed by atoms with Crippen LogP contribution in [0.2, 0.25) is 5.02 Å². The molecule has 4 heteroatoms. The van der Waals surface area contributed by atoms with Gasteiger partial charge in [0, 0.05) is 27.5 Å². The fourth-order valence-corrected chi connectivity index (χ4v) is 3.44. The fraction of sp³-hybridized carbons (Fsp3) is 0.136. The Morgan fingerprint density at radius 2 is 1.65 bits per heavy atom. The number of anilines is 2. The average Bonchev–Trinajstić information content (AvgIpc) is 2.92. The van der Waals surface area contributed by atoms with Crippen molar-refractivity contribution in [2.75, 3.05) is 10.2 Å². The van der Waals surface area contributed by atoms with Gasteiger partial charge in [-0.25, -0.2) is 0 Å². The molecule has 1 N–H and O–H groups in total. The Morgan fingerprint density at radius 3 is 2.38 bits per heavy atom. The second-order valence-corrected chi connectivity index (χ2v) is 7.02. The lowest BCUT2D eigenvalue weighted by atomic mass is 10.1. The molecule has 26 heavy (non-hydrogen) atoms. The van der Waals surface area contributed by atoms with Crippen molar-refractivity contribution in [1.82, 2.24) is 0 Å². The number of aryl methyl sites for hydroxylation is 2. The molecule has 1 aliphatic heterocycles. The van der Waals surface area contributed by atoms with E-state index in [-0.39, 0.29) is 12.1 Å². The van der Waals surface area contributed by atoms with Gasteiger partial charge in [0.15, 0.2) is 0 Å². The molecular weight excluding hydrogens is 344 g/mol. The zero-order valence-electron chi connectivity index (χ0n) is 14.7. The Kier molecular flexibility index (Phi) is 4.17. The molecule has 1 aliphatic rings. The van der Waals surface area contributed by atoms with E-state index in [1.165, 1.54) is 11.1 Å². The van der Waals surface area contributed by atoms with E-state index in [1.54, 1.807) is 17.0 Å². The summed E-state index contributed by atoms with van der Waals surface area (Å²) in [7, 11) is 0. The highest BCUT2D eigenvalue weighted by Crippen LogP contribution is 2.38. The topological polar surface area (TPSA) is 32.3 Å². The van der Waals surface area contributed by atoms with E-state index in [0.29, 0.717) is 5.02 Å². The Hall–Kier alpha value is -2.78. The molecule has 0 radical (unpaired) electrons. The molecule has 0 aliphatic carbocycles. The van der Waals surface area contributed by atoms with Crippen LogP contribution in [0.3, 0.4) is 0 Å². The van der Waals surface area contributed by atoms with Crippen molar-refractivity contribution < 1.29 is 4.79 Å². The third-order valence-electron chi connectivity index (χ3n) is 4.88. The molecule has 130 valence electrons. The number of hydrogen-bond donors (Lipinski definition) is 1. The van der Waals surface area contributed by atoms with Crippen molar-refractivity contribution in [3.05, 3.63) is 94.0 Å². The molecule has 3 nitrogen and oxygen atoms in total. The van der Waals surface area contributed by atoms with Gasteiger partial charge >= 0.3 is 0 Å². The quantitative estimate of drug-likeness (QED) is 0.645. The third kappa shape index (κ3) is 2.85. The van der Waals surface area contributed by atoms with Gasteiger partial charge in [-0.05, 0) is 67.4 Å². The SMILES string of the molecule is Cc1ccc(NC2c3ccccc3C(=O)N2c2ccc(Cl)cc2)cc1C. The van der Waals surface area contributed by atoms with Crippen LogP contribution in [0.4, 0.5) is 11.4 Å². The first-order valence-electron chi connectivity index (χ1n) is 8.56. The van der Waals surface area contributed by atoms with E-state index >= 15 is 0 Å². The highest BCUT2D eigenvalue weighted by Gasteiger charge is 2.37. The number of halogens is 1. The summed E-state index contributed by atoms with van der Waals surface area (Å²) in [5, 5.41) is 4.18. The predicted molar refractivity (Wildman–Crippen MR) is 107 cm³/mol. The van der Waals surface area contributed by atoms with E-state index in [2.05, 4.69) is 31.3 Å². The maximum absolute atomic E-state index is 13.1. The van der Waals surface area contributed by atoms with Gasteiger partial charge in [0.25, 0.3) is 5.91 Å². The molecule has 1 heterocycles. The van der Waals surface area contributed by atoms with Crippen LogP contribution in [0.15, 0.2) is 66.7 Å². The Bertz CT molecular complexity index is 982. The number of amides is 1. The van der Waals surface area contributed by atoms with Crippen LogP contribution in [-0.4, -0.2) is 5.91 Å². The molecular formula is C22H19ClN2O. The van der Waals surface area contributed by atoms with Gasteiger partial charge in [0.05, 0.1) is 0 Å². The number of nitrogens with one attached hydrogen (secondary N) is 1. The van der Waals surface area contributed by atoms with Crippen LogP contribution < -0.4 is 10.2 Å². The normalized spacial score (nSPS) is 15.9. The van der Waals surface area contributed by atoms with E-state index in [9.17, 15) is 4.79 Å². The molecule has 1 atom stereocenters. The van der Waals surface area contributed by atoms with Crippen LogP contribution >= 0.6 is 11.6 Å². The zero-order valence-corrected chi connectivity index (χ0v) is 15.4. The number of nitrogens with zero attached hydrogens (tertiary/aromatic N) is 1. The summed E-state index contributed by atoms with van der Waals surface area (Å²) in [6.07, 6.45) is -0.262. The second-order valence-electron chi connectivity index (χ2n) is 6.58. The lowest BCUT2D eigenvalue weighted by Crippen LogP contribution is -2.32. The smallest absolute Gasteiger partial charge is 0.260 e. The minimum atomic E-state index is -0.262. The lowest BCUT2D eigenvalue weighted by Gasteiger charge is -2.27. The second kappa shape index (κ2) is 6.50. The predicted octanol–water partition coefficient (Wildman–Crippen LogP) is 5.73. The highest BCUT2D eigenvalue weighted by atomic mass is 35.5. The molecule has 1 amide bonds. The standard InChI is InChI=1S/C22H19ClN2O/c1-14-7-10-17(13-15(14)2)24-21-19-5-3-4-6-20(19)22(26)25(21)18-11-8-16(23)9-12-18/h3-13,21,24H,1-2H3. The molecule has 1 unspecified atom stereocenters. The summed E-state index contributed by atoms with van der Waals surface area (Å²) in [5.41, 5.74) is 5.96. The summed E-state index contributed by atoms with van der Waals surface area (Å²) in [4.78, 5) is 14.8. The number of benzene rings is 3. The minimum absolute atomic E-state index is 0.00995. The Balaban J connectivity index is 1.77. The summed E-state index contributed by atoms with van der Waals surface area (Å²) < 4.78 is 0. The van der Waals surface area contributed by atoms with Crippen molar-refractivity contribution in [2.45, 2.75) is 20.0 Å². The highest BCUT2D eigenvalue weighted by molar-refractivity contribution is 6.30. The first kappa shape index (κ1) is 16.7. The van der Waals surface area contributed by atoms with E-state index in [1.807, 2.05) is 42.5 Å². The molecule has 0 fully saturated rings. The summed E-state index contributed by atoms with van der Waals surface area (Å²) in [5.74, 6) is -0.00995. The molecule has 0 spiro atoms. The molecule has 0 bridgehead atoms. The van der Waals surface area contributed by atoms with E-state index in [4.69, 9.17) is 11.6 Å². The number of carbonyl (C=O) groups excluding carboxylic acids is 1. The van der Waals surface area contributed by atoms with Gasteiger partial charge < -0.3 is 5.32 Å². The fourth-order valence-electron chi connectivity index (χ4n) is 3.32. The molecule has 3 aromatic carbocycles. The van der Waals surface area contributed by atoms with Crippen LogP contribution in [0.5, 0.6) is 0 Å². The van der Waals surface area contributed by atoms with Crippen LogP contribution in [0, 0.1) is 13.8 Å². The zero-order chi connectivity index (χ0) is 18.3. The Labute approximate surface area is 158 Å². The van der Waals surface area contributed by atoms with Crippen molar-refractivity contribution >= 4 is 28.9 Å². The van der Waals surface area contributed by atoms with Crippen molar-refractivity contribution in [3.63, 3.8) is 0 Å². The van der Waals surface area contributed by atoms with Gasteiger partial charge in [-0.15, -0.1) is 0 Å². The molecule has 3 aromatic rings. The maximum atomic E-state index is 13.1. The van der Waals surface area contributed by atoms with Gasteiger partial charge in [-0.3, -0.25) is 9.69 Å². The Morgan fingerprint density at radius 1 is 0.923 bits per heavy atom. The number of hydrogen-bond acceptors (Lipinski definition) is 2. The largest absolute Gasteiger partial charge is 0.361 e. The van der Waals surface area contributed by atoms with Crippen molar-refractivity contribution in [1.29, 1.82) is 0 Å². The van der Waals surface area contributed by atoms with E-state index in [0.717, 1.165) is 22.5 Å². The van der Waals surface area contributed by atoms with Crippen LogP contribution in [-0.2, 0) is 0 Å². The number of carbonyl (C=O) groups is 1. The molecule has 0 saturated heterocycles. The monoisotopic (exact) mass is 362 g/mol. The summed E-state index contributed by atoms with van der Waals surface area (Å²) in [6.45, 7) is 4.18. The summed E-state index contributed by atoms with van der Waals surface area (Å²) >= 11 is 6.02. The van der Waals surface area contributed by atoms with E-state index < -0.39 is 0 Å². The van der Waals surface area contributed by atoms with Gasteiger partial charge in [0.2, 0.25) is 0 Å². The van der Waals surface area contributed by atoms with Crippen LogP contribution in [0.25, 0.3) is 0 Å². The van der Waals surface area contributed by atoms with Crippen molar-refractivity contribution in [2.24, 2.45) is 0 Å². The minimum Gasteiger partial charge on any atom is -0.361 e. The van der Waals surface area contributed by atoms with Gasteiger partial charge in [-0.2, -0.15) is 0 Å². The third-order valence-corrected chi connectivity index (χ3v) is 5.13. The first-order chi connectivity index (χ1) is 12.5. The number of fused-ring (bicyclic) bond motifs is 1. The van der Waals surface area contributed by atoms with Gasteiger partial charge in [0.1, 0.15) is 6.17 Å². The average molecular weight is 363 g/mol. The maximum Gasteiger partial charge on any atom is 0.260 e. The van der Waals surface area contributed by atoms with Crippen molar-refractivity contribution in [3.8, 4) is 0 Å². The summed E-state index contributed by atoms with van der Waals surface area (Å²) in [6, 6.07) is 21.4. The van der Waals surface area contributed by atoms with Gasteiger partial charge in [-0.1, -0.05) is 35.9 Å². The number of rotatable bonds is 3. The first-order valence-corrected chi connectivity index (χ1v) is 8.94.